The summed E-state index contributed by atoms with van der Waals surface area (Å²) in [6, 6.07) is 8.31. The van der Waals surface area contributed by atoms with E-state index in [0.717, 1.165) is 23.1 Å². The lowest BCUT2D eigenvalue weighted by Crippen LogP contribution is -2.45. The molecule has 0 radical (unpaired) electrons. The second kappa shape index (κ2) is 7.82. The molecule has 2 aromatic rings. The first-order valence-electron chi connectivity index (χ1n) is 8.08. The Hall–Kier alpha value is -2.15. The maximum absolute atomic E-state index is 13.9. The van der Waals surface area contributed by atoms with Gasteiger partial charge in [-0.05, 0) is 53.0 Å². The quantitative estimate of drug-likeness (QED) is 0.838. The van der Waals surface area contributed by atoms with Crippen molar-refractivity contribution in [3.8, 4) is 5.75 Å². The molecule has 1 atom stereocenters. The van der Waals surface area contributed by atoms with Crippen molar-refractivity contribution in [3.63, 3.8) is 0 Å². The molecule has 7 heteroatoms. The number of hydrogen-bond acceptors (Lipinski definition) is 4. The minimum absolute atomic E-state index is 0.00263. The van der Waals surface area contributed by atoms with Gasteiger partial charge in [-0.3, -0.25) is 4.79 Å². The molecule has 1 N–H and O–H groups in total. The fourth-order valence-corrected chi connectivity index (χ4v) is 3.24. The van der Waals surface area contributed by atoms with Gasteiger partial charge in [0.05, 0.1) is 12.7 Å². The van der Waals surface area contributed by atoms with Gasteiger partial charge in [0, 0.05) is 29.8 Å². The van der Waals surface area contributed by atoms with Crippen molar-refractivity contribution in [2.75, 3.05) is 25.5 Å². The van der Waals surface area contributed by atoms with Crippen LogP contribution >= 0.6 is 15.9 Å². The van der Waals surface area contributed by atoms with Gasteiger partial charge in [-0.1, -0.05) is 6.07 Å². The predicted octanol–water partition coefficient (Wildman–Crippen LogP) is 3.71. The van der Waals surface area contributed by atoms with Crippen molar-refractivity contribution in [1.82, 2.24) is 9.88 Å². The molecule has 2 heterocycles. The maximum atomic E-state index is 13.9. The third kappa shape index (κ3) is 4.10. The van der Waals surface area contributed by atoms with Crippen LogP contribution in [0.2, 0.25) is 0 Å². The molecular formula is C18H19BrFN3O2. The third-order valence-corrected chi connectivity index (χ3v) is 4.66. The van der Waals surface area contributed by atoms with Crippen molar-refractivity contribution in [3.05, 3.63) is 52.4 Å². The lowest BCUT2D eigenvalue weighted by atomic mass is 10.0. The molecule has 3 rings (SSSR count). The summed E-state index contributed by atoms with van der Waals surface area (Å²) in [7, 11) is 1.37. The molecule has 1 aromatic carbocycles. The first-order chi connectivity index (χ1) is 12.1. The van der Waals surface area contributed by atoms with E-state index in [4.69, 9.17) is 4.74 Å². The molecule has 1 unspecified atom stereocenters. The minimum atomic E-state index is -0.529. The van der Waals surface area contributed by atoms with Crippen LogP contribution in [0.25, 0.3) is 0 Å². The maximum Gasteiger partial charge on any atom is 0.257 e. The summed E-state index contributed by atoms with van der Waals surface area (Å²) in [6.45, 7) is 1.18. The Balaban J connectivity index is 1.71. The van der Waals surface area contributed by atoms with Gasteiger partial charge >= 0.3 is 0 Å². The van der Waals surface area contributed by atoms with Gasteiger partial charge in [0.2, 0.25) is 0 Å². The molecule has 1 saturated heterocycles. The van der Waals surface area contributed by atoms with Gasteiger partial charge in [-0.2, -0.15) is 0 Å². The van der Waals surface area contributed by atoms with Crippen molar-refractivity contribution < 1.29 is 13.9 Å². The molecular weight excluding hydrogens is 389 g/mol. The van der Waals surface area contributed by atoms with Crippen molar-refractivity contribution in [2.24, 2.45) is 0 Å². The number of anilines is 1. The van der Waals surface area contributed by atoms with E-state index in [-0.39, 0.29) is 23.3 Å². The molecule has 1 aromatic heterocycles. The number of para-hydroxylation sites is 1. The number of hydrogen-bond donors (Lipinski definition) is 1. The summed E-state index contributed by atoms with van der Waals surface area (Å²) < 4.78 is 19.8. The number of amides is 1. The van der Waals surface area contributed by atoms with E-state index in [2.05, 4.69) is 26.2 Å². The number of nitrogens with one attached hydrogen (secondary N) is 1. The number of ether oxygens (including phenoxy) is 1. The first kappa shape index (κ1) is 17.7. The Kier molecular flexibility index (Phi) is 5.53. The number of pyridine rings is 1. The number of nitrogens with zero attached hydrogens (tertiary/aromatic N) is 2. The van der Waals surface area contributed by atoms with E-state index in [1.807, 2.05) is 12.1 Å². The summed E-state index contributed by atoms with van der Waals surface area (Å²) in [5, 5.41) is 3.35. The standard InChI is InChI=1S/C18H19BrFN3O2/c1-25-17-14(5-2-6-15(17)20)18(24)23-9-3-4-13(11-23)22-16-8-7-12(19)10-21-16/h2,5-8,10,13H,3-4,9,11H2,1H3,(H,21,22). The average Bonchev–Trinajstić information content (AvgIpc) is 2.63. The normalized spacial score (nSPS) is 17.2. The molecule has 25 heavy (non-hydrogen) atoms. The van der Waals surface area contributed by atoms with Crippen LogP contribution in [0.3, 0.4) is 0 Å². The van der Waals surface area contributed by atoms with Gasteiger partial charge in [0.1, 0.15) is 5.82 Å². The summed E-state index contributed by atoms with van der Waals surface area (Å²) in [5.41, 5.74) is 0.255. The highest BCUT2D eigenvalue weighted by molar-refractivity contribution is 9.10. The van der Waals surface area contributed by atoms with Crippen molar-refractivity contribution in [1.29, 1.82) is 0 Å². The zero-order valence-electron chi connectivity index (χ0n) is 13.8. The Bertz CT molecular complexity index is 754. The number of carbonyl (C=O) groups excluding carboxylic acids is 1. The SMILES string of the molecule is COc1c(F)cccc1C(=O)N1CCCC(Nc2ccc(Br)cn2)C1. The van der Waals surface area contributed by atoms with Gasteiger partial charge in [-0.15, -0.1) is 0 Å². The minimum Gasteiger partial charge on any atom is -0.493 e. The fraction of sp³-hybridized carbons (Fsp3) is 0.333. The summed E-state index contributed by atoms with van der Waals surface area (Å²) in [5.74, 6) is 0.0220. The lowest BCUT2D eigenvalue weighted by molar-refractivity contribution is 0.0710. The van der Waals surface area contributed by atoms with Crippen LogP contribution < -0.4 is 10.1 Å². The molecule has 0 spiro atoms. The zero-order valence-corrected chi connectivity index (χ0v) is 15.4. The second-order valence-corrected chi connectivity index (χ2v) is 6.83. The molecule has 0 aliphatic carbocycles. The first-order valence-corrected chi connectivity index (χ1v) is 8.87. The Morgan fingerprint density at radius 3 is 2.96 bits per heavy atom. The number of rotatable bonds is 4. The van der Waals surface area contributed by atoms with Crippen LogP contribution in [0.15, 0.2) is 41.0 Å². The third-order valence-electron chi connectivity index (χ3n) is 4.19. The fourth-order valence-electron chi connectivity index (χ4n) is 3.00. The lowest BCUT2D eigenvalue weighted by Gasteiger charge is -2.33. The van der Waals surface area contributed by atoms with Crippen molar-refractivity contribution in [2.45, 2.75) is 18.9 Å². The molecule has 1 fully saturated rings. The number of likely N-dealkylation sites (tertiary alicyclic amines) is 1. The van der Waals surface area contributed by atoms with E-state index in [1.165, 1.54) is 19.2 Å². The molecule has 132 valence electrons. The number of aromatic nitrogens is 1. The Morgan fingerprint density at radius 1 is 1.40 bits per heavy atom. The predicted molar refractivity (Wildman–Crippen MR) is 97.4 cm³/mol. The highest BCUT2D eigenvalue weighted by atomic mass is 79.9. The average molecular weight is 408 g/mol. The van der Waals surface area contributed by atoms with Crippen LogP contribution in [0.5, 0.6) is 5.75 Å². The number of piperidine rings is 1. The van der Waals surface area contributed by atoms with Crippen LogP contribution in [0.1, 0.15) is 23.2 Å². The topological polar surface area (TPSA) is 54.5 Å². The zero-order chi connectivity index (χ0) is 17.8. The highest BCUT2D eigenvalue weighted by Gasteiger charge is 2.27. The molecule has 0 saturated carbocycles. The smallest absolute Gasteiger partial charge is 0.257 e. The number of benzene rings is 1. The van der Waals surface area contributed by atoms with E-state index in [9.17, 15) is 9.18 Å². The van der Waals surface area contributed by atoms with Crippen LogP contribution in [0, 0.1) is 5.82 Å². The largest absolute Gasteiger partial charge is 0.493 e. The molecule has 5 nitrogen and oxygen atoms in total. The van der Waals surface area contributed by atoms with E-state index < -0.39 is 5.82 Å². The summed E-state index contributed by atoms with van der Waals surface area (Å²) in [4.78, 5) is 18.8. The van der Waals surface area contributed by atoms with E-state index in [0.29, 0.717) is 13.1 Å². The van der Waals surface area contributed by atoms with Gasteiger partial charge in [-0.25, -0.2) is 9.37 Å². The van der Waals surface area contributed by atoms with E-state index in [1.54, 1.807) is 17.2 Å². The monoisotopic (exact) mass is 407 g/mol. The van der Waals surface area contributed by atoms with Crippen LogP contribution in [-0.2, 0) is 0 Å². The van der Waals surface area contributed by atoms with Crippen LogP contribution in [-0.4, -0.2) is 42.0 Å². The summed E-state index contributed by atoms with van der Waals surface area (Å²) >= 11 is 3.36. The van der Waals surface area contributed by atoms with Gasteiger partial charge < -0.3 is 15.0 Å². The molecule has 1 aliphatic heterocycles. The summed E-state index contributed by atoms with van der Waals surface area (Å²) in [6.07, 6.45) is 3.55. The molecule has 1 amide bonds. The van der Waals surface area contributed by atoms with Gasteiger partial charge in [0.25, 0.3) is 5.91 Å². The Morgan fingerprint density at radius 2 is 2.24 bits per heavy atom. The van der Waals surface area contributed by atoms with E-state index >= 15 is 0 Å². The number of halogens is 2. The number of carbonyl (C=O) groups is 1. The number of methoxy groups -OCH3 is 1. The highest BCUT2D eigenvalue weighted by Crippen LogP contribution is 2.25. The van der Waals surface area contributed by atoms with Crippen LogP contribution in [0.4, 0.5) is 10.2 Å². The molecule has 1 aliphatic rings. The Labute approximate surface area is 154 Å². The van der Waals surface area contributed by atoms with Crippen molar-refractivity contribution >= 4 is 27.7 Å². The van der Waals surface area contributed by atoms with Gasteiger partial charge in [0.15, 0.2) is 11.6 Å². The molecule has 0 bridgehead atoms. The second-order valence-electron chi connectivity index (χ2n) is 5.92.